The van der Waals surface area contributed by atoms with E-state index in [-0.39, 0.29) is 30.3 Å². The van der Waals surface area contributed by atoms with Gasteiger partial charge in [0.25, 0.3) is 0 Å². The van der Waals surface area contributed by atoms with Crippen molar-refractivity contribution in [3.8, 4) is 11.1 Å². The van der Waals surface area contributed by atoms with Gasteiger partial charge in [-0.2, -0.15) is 0 Å². The molecule has 2 atom stereocenters. The summed E-state index contributed by atoms with van der Waals surface area (Å²) in [5, 5.41) is 18.4. The number of unbranched alkanes of at least 4 members (excludes halogenated alkanes) is 2. The number of fused-ring (bicyclic) bond motifs is 1. The first-order valence-corrected chi connectivity index (χ1v) is 17.6. The second-order valence-corrected chi connectivity index (χ2v) is 13.2. The Bertz CT molecular complexity index is 1610. The summed E-state index contributed by atoms with van der Waals surface area (Å²) in [6.07, 6.45) is 21.4. The highest BCUT2D eigenvalue weighted by atomic mass is 16.5. The molecule has 0 saturated carbocycles. The number of hydrogen-bond donors (Lipinski definition) is 2. The molecule has 0 bridgehead atoms. The summed E-state index contributed by atoms with van der Waals surface area (Å²) >= 11 is 0. The predicted molar refractivity (Wildman–Crippen MR) is 198 cm³/mol. The lowest BCUT2D eigenvalue weighted by atomic mass is 9.78. The number of esters is 2. The van der Waals surface area contributed by atoms with Crippen molar-refractivity contribution in [2.24, 2.45) is 17.8 Å². The minimum Gasteiger partial charge on any atom is -0.462 e. The summed E-state index contributed by atoms with van der Waals surface area (Å²) in [4.78, 5) is 24.2. The smallest absolute Gasteiger partial charge is 0.335 e. The van der Waals surface area contributed by atoms with E-state index in [0.717, 1.165) is 17.5 Å². The van der Waals surface area contributed by atoms with Crippen LogP contribution in [0.1, 0.15) is 68.2 Å². The largest absolute Gasteiger partial charge is 0.462 e. The first-order chi connectivity index (χ1) is 23.7. The molecular weight excluding hydrogens is 612 g/mol. The molecule has 0 saturated heterocycles. The Balaban J connectivity index is 1.43. The van der Waals surface area contributed by atoms with E-state index in [1.54, 1.807) is 0 Å². The monoisotopic (exact) mass is 664 g/mol. The van der Waals surface area contributed by atoms with Crippen molar-refractivity contribution in [2.45, 2.75) is 65.7 Å². The molecule has 0 fully saturated rings. The Labute approximate surface area is 292 Å². The van der Waals surface area contributed by atoms with Crippen LogP contribution in [0.15, 0.2) is 103 Å². The molecule has 49 heavy (non-hydrogen) atoms. The Morgan fingerprint density at radius 2 is 1.47 bits per heavy atom. The topological polar surface area (TPSA) is 93.1 Å². The fraction of sp³-hybridized carbons (Fsp3) is 0.395. The van der Waals surface area contributed by atoms with Crippen LogP contribution in [0.25, 0.3) is 16.7 Å². The first-order valence-electron chi connectivity index (χ1n) is 17.6. The molecule has 0 aliphatic heterocycles. The molecule has 0 radical (unpaired) electrons. The van der Waals surface area contributed by atoms with Gasteiger partial charge in [0.05, 0.1) is 37.6 Å². The van der Waals surface area contributed by atoms with Crippen LogP contribution in [-0.2, 0) is 31.9 Å². The lowest BCUT2D eigenvalue weighted by Crippen LogP contribution is -2.23. The number of carbonyl (C=O) groups is 2. The first kappa shape index (κ1) is 37.6. The summed E-state index contributed by atoms with van der Waals surface area (Å²) in [5.74, 6) is -0.838. The third-order valence-electron chi connectivity index (χ3n) is 9.42. The standard InChI is InChI=1S/C43H52O6/c1-6-8-9-10-32-13-15-37-24-39(17-16-36(37)22-32)41-20-18-38(23-35(41)7-2)40-19-14-33(21-29(40)3)11-12-34(27-48-42(46)30(4)25-44)28-49-43(47)31(5)26-45/h13-24,34,36-37,44-45H,4-12,25-28H2,1-3H3. The molecular formula is C43H52O6. The van der Waals surface area contributed by atoms with E-state index in [4.69, 9.17) is 9.47 Å². The third-order valence-corrected chi connectivity index (χ3v) is 9.42. The average molecular weight is 665 g/mol. The average Bonchev–Trinajstić information content (AvgIpc) is 3.13. The fourth-order valence-corrected chi connectivity index (χ4v) is 6.38. The van der Waals surface area contributed by atoms with E-state index in [2.05, 4.69) is 107 Å². The molecule has 2 N–H and O–H groups in total. The normalized spacial score (nSPS) is 16.5. The molecule has 0 heterocycles. The second kappa shape index (κ2) is 18.5. The van der Waals surface area contributed by atoms with Gasteiger partial charge in [0.1, 0.15) is 0 Å². The highest BCUT2D eigenvalue weighted by molar-refractivity contribution is 5.88. The van der Waals surface area contributed by atoms with Crippen LogP contribution < -0.4 is 0 Å². The lowest BCUT2D eigenvalue weighted by Gasteiger charge is -2.26. The van der Waals surface area contributed by atoms with Crippen LogP contribution in [0.2, 0.25) is 0 Å². The predicted octanol–water partition coefficient (Wildman–Crippen LogP) is 8.22. The molecule has 4 rings (SSSR count). The molecule has 0 aromatic heterocycles. The number of aliphatic hydroxyl groups excluding tert-OH is 2. The molecule has 2 aliphatic carbocycles. The maximum Gasteiger partial charge on any atom is 0.335 e. The van der Waals surface area contributed by atoms with Crippen LogP contribution in [-0.4, -0.2) is 48.6 Å². The summed E-state index contributed by atoms with van der Waals surface area (Å²) in [5.41, 5.74) is 9.93. The van der Waals surface area contributed by atoms with Gasteiger partial charge in [0.15, 0.2) is 0 Å². The van der Waals surface area contributed by atoms with Gasteiger partial charge < -0.3 is 19.7 Å². The number of allylic oxidation sites excluding steroid dienone is 8. The van der Waals surface area contributed by atoms with Crippen LogP contribution >= 0.6 is 0 Å². The fourth-order valence-electron chi connectivity index (χ4n) is 6.38. The molecule has 6 nitrogen and oxygen atoms in total. The molecule has 2 aromatic carbocycles. The summed E-state index contributed by atoms with van der Waals surface area (Å²) in [7, 11) is 0. The zero-order chi connectivity index (χ0) is 35.3. The van der Waals surface area contributed by atoms with Crippen molar-refractivity contribution in [3.63, 3.8) is 0 Å². The van der Waals surface area contributed by atoms with Crippen molar-refractivity contribution in [2.75, 3.05) is 26.4 Å². The molecule has 2 aromatic rings. The Hall–Kier alpha value is -4.26. The third kappa shape index (κ3) is 10.4. The van der Waals surface area contributed by atoms with Crippen LogP contribution in [0, 0.1) is 24.7 Å². The molecule has 0 amide bonds. The van der Waals surface area contributed by atoms with E-state index in [9.17, 15) is 19.8 Å². The number of hydrogen-bond acceptors (Lipinski definition) is 6. The van der Waals surface area contributed by atoms with E-state index >= 15 is 0 Å². The lowest BCUT2D eigenvalue weighted by molar-refractivity contribution is -0.144. The number of carbonyl (C=O) groups excluding carboxylic acids is 2. The Kier molecular flexibility index (Phi) is 14.2. The summed E-state index contributed by atoms with van der Waals surface area (Å²) in [6, 6.07) is 13.3. The van der Waals surface area contributed by atoms with Gasteiger partial charge in [-0.15, -0.1) is 0 Å². The molecule has 260 valence electrons. The highest BCUT2D eigenvalue weighted by Gasteiger charge is 2.22. The summed E-state index contributed by atoms with van der Waals surface area (Å²) < 4.78 is 10.6. The Morgan fingerprint density at radius 1 is 0.816 bits per heavy atom. The number of aliphatic hydroxyl groups is 2. The van der Waals surface area contributed by atoms with Gasteiger partial charge in [0, 0.05) is 17.8 Å². The van der Waals surface area contributed by atoms with Crippen LogP contribution in [0.3, 0.4) is 0 Å². The highest BCUT2D eigenvalue weighted by Crippen LogP contribution is 2.37. The van der Waals surface area contributed by atoms with Crippen molar-refractivity contribution in [3.05, 3.63) is 125 Å². The minimum atomic E-state index is -0.689. The zero-order valence-electron chi connectivity index (χ0n) is 29.4. The van der Waals surface area contributed by atoms with E-state index < -0.39 is 25.2 Å². The van der Waals surface area contributed by atoms with Gasteiger partial charge in [-0.25, -0.2) is 9.59 Å². The van der Waals surface area contributed by atoms with E-state index in [0.29, 0.717) is 24.7 Å². The number of aryl methyl sites for hydroxylation is 3. The number of ether oxygens (including phenoxy) is 2. The van der Waals surface area contributed by atoms with Crippen LogP contribution in [0.5, 0.6) is 0 Å². The van der Waals surface area contributed by atoms with E-state index in [1.165, 1.54) is 59.1 Å². The van der Waals surface area contributed by atoms with Crippen LogP contribution in [0.4, 0.5) is 0 Å². The quantitative estimate of drug-likeness (QED) is 0.0948. The zero-order valence-corrected chi connectivity index (χ0v) is 29.4. The number of benzene rings is 2. The van der Waals surface area contributed by atoms with Gasteiger partial charge >= 0.3 is 11.9 Å². The maximum absolute atomic E-state index is 12.1. The molecule has 2 unspecified atom stereocenters. The van der Waals surface area contributed by atoms with Crippen molar-refractivity contribution in [1.82, 2.24) is 0 Å². The van der Waals surface area contributed by atoms with Gasteiger partial charge in [-0.3, -0.25) is 0 Å². The van der Waals surface area contributed by atoms with Gasteiger partial charge in [-0.1, -0.05) is 118 Å². The molecule has 6 heteroatoms. The minimum absolute atomic E-state index is 0.0000413. The van der Waals surface area contributed by atoms with E-state index in [1.807, 2.05) is 0 Å². The molecule has 2 aliphatic rings. The number of rotatable bonds is 18. The summed E-state index contributed by atoms with van der Waals surface area (Å²) in [6.45, 7) is 12.6. The van der Waals surface area contributed by atoms with Crippen molar-refractivity contribution < 1.29 is 29.3 Å². The van der Waals surface area contributed by atoms with Crippen molar-refractivity contribution in [1.29, 1.82) is 0 Å². The van der Waals surface area contributed by atoms with Gasteiger partial charge in [0.2, 0.25) is 0 Å². The molecule has 0 spiro atoms. The second-order valence-electron chi connectivity index (χ2n) is 13.2. The SMILES string of the molecule is C=C(CO)C(=O)OCC(CCc1ccc(-c2ccc(C3=CC4C=CC(CCCCC)=CC4C=C3)c(CC)c2)c(C)c1)COC(=O)C(=C)CO. The Morgan fingerprint density at radius 3 is 2.10 bits per heavy atom. The van der Waals surface area contributed by atoms with Gasteiger partial charge in [-0.05, 0) is 78.0 Å². The maximum atomic E-state index is 12.1. The van der Waals surface area contributed by atoms with Crippen molar-refractivity contribution >= 4 is 17.5 Å².